The molecule has 0 bridgehead atoms. The van der Waals surface area contributed by atoms with Crippen molar-refractivity contribution in [1.29, 1.82) is 0 Å². The summed E-state index contributed by atoms with van der Waals surface area (Å²) in [6.45, 7) is 0. The molecule has 0 aliphatic carbocycles. The molecule has 1 heterocycles. The van der Waals surface area contributed by atoms with Gasteiger partial charge in [0.05, 0.1) is 0 Å². The number of nitrogens with one attached hydrogen (secondary N) is 1. The zero-order valence-corrected chi connectivity index (χ0v) is 3.63. The van der Waals surface area contributed by atoms with Gasteiger partial charge in [-0.15, -0.1) is 9.77 Å². The van der Waals surface area contributed by atoms with Crippen molar-refractivity contribution in [3.63, 3.8) is 0 Å². The minimum atomic E-state index is 0.347. The third kappa shape index (κ3) is 0.466. The van der Waals surface area contributed by atoms with E-state index in [1.54, 1.807) is 0 Å². The molecule has 0 fully saturated rings. The Bertz CT molecular complexity index is 138. The second-order valence-corrected chi connectivity index (χ2v) is 1.15. The van der Waals surface area contributed by atoms with Crippen molar-refractivity contribution >= 4 is 5.95 Å². The topological polar surface area (TPSA) is 84.6 Å². The highest BCUT2D eigenvalue weighted by Gasteiger charge is 1.96. The molecule has 0 aliphatic rings. The molecular formula is C2H6N5+. The number of rotatable bonds is 0. The highest BCUT2D eigenvalue weighted by Crippen LogP contribution is 1.71. The van der Waals surface area contributed by atoms with Crippen LogP contribution in [0.25, 0.3) is 0 Å². The standard InChI is InChI=1S/C2H5N5/c3-2-6-5-1-7(2)4/h1H,4H2,(H2,3,6)/p+1. The van der Waals surface area contributed by atoms with E-state index in [4.69, 9.17) is 11.6 Å². The Morgan fingerprint density at radius 1 is 1.86 bits per heavy atom. The first kappa shape index (κ1) is 3.91. The zero-order valence-electron chi connectivity index (χ0n) is 3.63. The number of aromatic amines is 1. The van der Waals surface area contributed by atoms with Gasteiger partial charge in [-0.25, -0.2) is 0 Å². The van der Waals surface area contributed by atoms with Crippen LogP contribution in [0.2, 0.25) is 0 Å². The van der Waals surface area contributed by atoms with Gasteiger partial charge >= 0.3 is 5.95 Å². The Hall–Kier alpha value is -1.26. The maximum atomic E-state index is 5.16. The van der Waals surface area contributed by atoms with Crippen molar-refractivity contribution in [2.45, 2.75) is 0 Å². The third-order valence-corrected chi connectivity index (χ3v) is 0.639. The van der Waals surface area contributed by atoms with E-state index in [1.165, 1.54) is 11.0 Å². The summed E-state index contributed by atoms with van der Waals surface area (Å²) in [5.74, 6) is 5.48. The number of anilines is 1. The van der Waals surface area contributed by atoms with Crippen LogP contribution in [0.3, 0.4) is 0 Å². The summed E-state index contributed by atoms with van der Waals surface area (Å²) in [6.07, 6.45) is 1.38. The summed E-state index contributed by atoms with van der Waals surface area (Å²) < 4.78 is 1.19. The molecular weight excluding hydrogens is 94.1 g/mol. The van der Waals surface area contributed by atoms with Crippen LogP contribution in [0.15, 0.2) is 6.33 Å². The number of nitrogens with two attached hydrogens (primary N) is 2. The smallest absolute Gasteiger partial charge is 0.306 e. The predicted molar refractivity (Wildman–Crippen MR) is 23.3 cm³/mol. The SMILES string of the molecule is Nc1[nH]nc[n+]1N. The molecule has 5 heteroatoms. The van der Waals surface area contributed by atoms with Crippen LogP contribution in [-0.4, -0.2) is 10.2 Å². The summed E-state index contributed by atoms with van der Waals surface area (Å²) in [6, 6.07) is 0. The predicted octanol–water partition coefficient (Wildman–Crippen LogP) is -2.01. The van der Waals surface area contributed by atoms with Gasteiger partial charge in [-0.1, -0.05) is 0 Å². The minimum absolute atomic E-state index is 0.347. The van der Waals surface area contributed by atoms with E-state index >= 15 is 0 Å². The van der Waals surface area contributed by atoms with E-state index in [1.807, 2.05) is 0 Å². The molecule has 5 nitrogen and oxygen atoms in total. The maximum Gasteiger partial charge on any atom is 0.360 e. The van der Waals surface area contributed by atoms with Crippen LogP contribution >= 0.6 is 0 Å². The average Bonchev–Trinajstić information content (AvgIpc) is 1.91. The van der Waals surface area contributed by atoms with Crippen LogP contribution in [0.5, 0.6) is 0 Å². The van der Waals surface area contributed by atoms with E-state index in [2.05, 4.69) is 10.2 Å². The summed E-state index contributed by atoms with van der Waals surface area (Å²) >= 11 is 0. The molecule has 7 heavy (non-hydrogen) atoms. The summed E-state index contributed by atoms with van der Waals surface area (Å²) in [4.78, 5) is 0. The number of hydrogen-bond donors (Lipinski definition) is 3. The van der Waals surface area contributed by atoms with E-state index < -0.39 is 0 Å². The average molecular weight is 100 g/mol. The zero-order chi connectivity index (χ0) is 5.28. The fraction of sp³-hybridized carbons (Fsp3) is 0. The lowest BCUT2D eigenvalue weighted by molar-refractivity contribution is -0.623. The molecule has 0 unspecified atom stereocenters. The minimum Gasteiger partial charge on any atom is -0.306 e. The van der Waals surface area contributed by atoms with Crippen molar-refractivity contribution in [2.75, 3.05) is 11.6 Å². The molecule has 0 aromatic carbocycles. The fourth-order valence-corrected chi connectivity index (χ4v) is 0.277. The number of aromatic nitrogens is 3. The van der Waals surface area contributed by atoms with Gasteiger partial charge in [-0.2, -0.15) is 0 Å². The van der Waals surface area contributed by atoms with Crippen molar-refractivity contribution in [1.82, 2.24) is 10.2 Å². The molecule has 0 spiro atoms. The first-order chi connectivity index (χ1) is 3.30. The first-order valence-corrected chi connectivity index (χ1v) is 1.76. The number of H-pyrrole nitrogens is 1. The monoisotopic (exact) mass is 100 g/mol. The molecule has 1 aromatic rings. The van der Waals surface area contributed by atoms with Crippen LogP contribution < -0.4 is 16.3 Å². The molecule has 0 amide bonds. The number of hydrogen-bond acceptors (Lipinski definition) is 3. The Morgan fingerprint density at radius 3 is 2.71 bits per heavy atom. The summed E-state index contributed by atoms with van der Waals surface area (Å²) in [5, 5.41) is 5.94. The molecule has 0 atom stereocenters. The molecule has 0 radical (unpaired) electrons. The van der Waals surface area contributed by atoms with Gasteiger partial charge in [0.25, 0.3) is 6.33 Å². The van der Waals surface area contributed by atoms with Crippen molar-refractivity contribution < 1.29 is 4.68 Å². The molecule has 5 N–H and O–H groups in total. The van der Waals surface area contributed by atoms with E-state index in [0.29, 0.717) is 5.95 Å². The van der Waals surface area contributed by atoms with Gasteiger partial charge in [0.2, 0.25) is 0 Å². The number of nitrogen functional groups attached to an aromatic ring is 2. The lowest BCUT2D eigenvalue weighted by Gasteiger charge is -1.77. The number of nitrogens with zero attached hydrogens (tertiary/aromatic N) is 2. The molecule has 0 saturated heterocycles. The van der Waals surface area contributed by atoms with Gasteiger partial charge < -0.3 is 5.73 Å². The Morgan fingerprint density at radius 2 is 2.57 bits per heavy atom. The molecule has 0 aliphatic heterocycles. The summed E-state index contributed by atoms with van der Waals surface area (Å²) in [7, 11) is 0. The lowest BCUT2D eigenvalue weighted by atomic mass is 11.1. The maximum absolute atomic E-state index is 5.16. The van der Waals surface area contributed by atoms with E-state index in [-0.39, 0.29) is 0 Å². The highest BCUT2D eigenvalue weighted by atomic mass is 15.4. The van der Waals surface area contributed by atoms with Gasteiger partial charge in [0, 0.05) is 0 Å². The van der Waals surface area contributed by atoms with Gasteiger partial charge in [-0.05, 0) is 5.10 Å². The van der Waals surface area contributed by atoms with E-state index in [9.17, 15) is 0 Å². The molecule has 0 saturated carbocycles. The fourth-order valence-electron chi connectivity index (χ4n) is 0.277. The largest absolute Gasteiger partial charge is 0.360 e. The van der Waals surface area contributed by atoms with Gasteiger partial charge in [0.1, 0.15) is 0 Å². The third-order valence-electron chi connectivity index (χ3n) is 0.639. The quantitative estimate of drug-likeness (QED) is 0.260. The Labute approximate surface area is 39.9 Å². The van der Waals surface area contributed by atoms with Gasteiger partial charge in [-0.3, -0.25) is 5.84 Å². The Kier molecular flexibility index (Phi) is 0.619. The molecule has 38 valence electrons. The van der Waals surface area contributed by atoms with Crippen molar-refractivity contribution in [3.05, 3.63) is 6.33 Å². The summed E-state index contributed by atoms with van der Waals surface area (Å²) in [5.41, 5.74) is 5.16. The van der Waals surface area contributed by atoms with E-state index in [0.717, 1.165) is 0 Å². The van der Waals surface area contributed by atoms with Crippen LogP contribution in [0.4, 0.5) is 5.95 Å². The van der Waals surface area contributed by atoms with Crippen molar-refractivity contribution in [2.24, 2.45) is 0 Å². The Balaban J connectivity index is 3.12. The molecule has 1 rings (SSSR count). The van der Waals surface area contributed by atoms with Crippen LogP contribution in [0, 0.1) is 0 Å². The van der Waals surface area contributed by atoms with Gasteiger partial charge in [0.15, 0.2) is 0 Å². The second kappa shape index (κ2) is 1.11. The first-order valence-electron chi connectivity index (χ1n) is 1.76. The highest BCUT2D eigenvalue weighted by molar-refractivity contribution is 4.98. The second-order valence-electron chi connectivity index (χ2n) is 1.15. The normalized spacial score (nSPS) is 9.14. The lowest BCUT2D eigenvalue weighted by Crippen LogP contribution is -2.44. The van der Waals surface area contributed by atoms with Crippen LogP contribution in [-0.2, 0) is 0 Å². The van der Waals surface area contributed by atoms with Crippen molar-refractivity contribution in [3.8, 4) is 0 Å². The van der Waals surface area contributed by atoms with Crippen LogP contribution in [0.1, 0.15) is 0 Å². The molecule has 1 aromatic heterocycles.